The predicted molar refractivity (Wildman–Crippen MR) is 85.2 cm³/mol. The van der Waals surface area contributed by atoms with E-state index in [2.05, 4.69) is 43.4 Å². The molecule has 112 valence electrons. The van der Waals surface area contributed by atoms with Crippen molar-refractivity contribution in [2.24, 2.45) is 0 Å². The zero-order valence-corrected chi connectivity index (χ0v) is 13.0. The monoisotopic (exact) mass is 275 g/mol. The van der Waals surface area contributed by atoms with E-state index in [-0.39, 0.29) is 0 Å². The molecule has 0 spiro atoms. The average Bonchev–Trinajstić information content (AvgIpc) is 2.97. The van der Waals surface area contributed by atoms with Crippen LogP contribution in [0, 0.1) is 6.92 Å². The first kappa shape index (κ1) is 15.5. The van der Waals surface area contributed by atoms with Gasteiger partial charge in [0.15, 0.2) is 0 Å². The van der Waals surface area contributed by atoms with Crippen LogP contribution in [0.1, 0.15) is 50.2 Å². The average molecular weight is 275 g/mol. The molecule has 2 nitrogen and oxygen atoms in total. The summed E-state index contributed by atoms with van der Waals surface area (Å²) in [5, 5.41) is 3.63. The number of nitrogens with one attached hydrogen (secondary N) is 1. The van der Waals surface area contributed by atoms with Gasteiger partial charge in [-0.15, -0.1) is 0 Å². The summed E-state index contributed by atoms with van der Waals surface area (Å²) in [4.78, 5) is 0. The first-order valence-electron chi connectivity index (χ1n) is 8.18. The van der Waals surface area contributed by atoms with Crippen LogP contribution in [0.15, 0.2) is 24.3 Å². The molecule has 1 aliphatic rings. The number of hydrogen-bond acceptors (Lipinski definition) is 2. The van der Waals surface area contributed by atoms with Gasteiger partial charge < -0.3 is 10.1 Å². The molecule has 2 unspecified atom stereocenters. The minimum absolute atomic E-state index is 0.524. The Bertz CT molecular complexity index is 368. The van der Waals surface area contributed by atoms with Crippen molar-refractivity contribution in [2.45, 2.75) is 64.5 Å². The molecular weight excluding hydrogens is 246 g/mol. The zero-order valence-electron chi connectivity index (χ0n) is 13.0. The van der Waals surface area contributed by atoms with Gasteiger partial charge in [0.05, 0.1) is 6.10 Å². The van der Waals surface area contributed by atoms with Crippen LogP contribution in [-0.2, 0) is 11.2 Å². The predicted octanol–water partition coefficient (Wildman–Crippen LogP) is 3.86. The van der Waals surface area contributed by atoms with Crippen molar-refractivity contribution < 1.29 is 4.74 Å². The van der Waals surface area contributed by atoms with Crippen LogP contribution in [0.3, 0.4) is 0 Å². The van der Waals surface area contributed by atoms with Crippen LogP contribution in [-0.4, -0.2) is 25.3 Å². The molecule has 0 aromatic heterocycles. The fraction of sp³-hybridized carbons (Fsp3) is 0.667. The molecule has 0 bridgehead atoms. The van der Waals surface area contributed by atoms with E-state index in [4.69, 9.17) is 4.74 Å². The molecule has 2 heteroatoms. The van der Waals surface area contributed by atoms with Crippen molar-refractivity contribution in [1.82, 2.24) is 5.32 Å². The van der Waals surface area contributed by atoms with Gasteiger partial charge in [-0.2, -0.15) is 0 Å². The molecule has 1 fully saturated rings. The lowest BCUT2D eigenvalue weighted by Crippen LogP contribution is -2.30. The summed E-state index contributed by atoms with van der Waals surface area (Å²) in [6.45, 7) is 6.38. The number of hydrogen-bond donors (Lipinski definition) is 1. The highest BCUT2D eigenvalue weighted by molar-refractivity contribution is 5.21. The quantitative estimate of drug-likeness (QED) is 0.777. The Morgan fingerprint density at radius 3 is 2.70 bits per heavy atom. The van der Waals surface area contributed by atoms with E-state index in [1.807, 2.05) is 0 Å². The highest BCUT2D eigenvalue weighted by Gasteiger charge is 2.17. The maximum atomic E-state index is 5.73. The molecule has 20 heavy (non-hydrogen) atoms. The Morgan fingerprint density at radius 1 is 1.25 bits per heavy atom. The van der Waals surface area contributed by atoms with Gasteiger partial charge >= 0.3 is 0 Å². The van der Waals surface area contributed by atoms with Crippen molar-refractivity contribution in [1.29, 1.82) is 0 Å². The summed E-state index contributed by atoms with van der Waals surface area (Å²) in [5.74, 6) is 0. The maximum Gasteiger partial charge on any atom is 0.0576 e. The second-order valence-corrected chi connectivity index (χ2v) is 5.99. The first-order chi connectivity index (χ1) is 9.78. The highest BCUT2D eigenvalue weighted by atomic mass is 16.5. The van der Waals surface area contributed by atoms with E-state index in [1.54, 1.807) is 0 Å². The minimum atomic E-state index is 0.524. The van der Waals surface area contributed by atoms with E-state index >= 15 is 0 Å². The molecule has 0 aliphatic carbocycles. The summed E-state index contributed by atoms with van der Waals surface area (Å²) in [6, 6.07) is 9.58. The van der Waals surface area contributed by atoms with Gasteiger partial charge in [-0.05, 0) is 57.6 Å². The molecule has 2 rings (SSSR count). The van der Waals surface area contributed by atoms with Crippen LogP contribution >= 0.6 is 0 Å². The molecular formula is C18H29NO. The Balaban J connectivity index is 1.74. The SMILES string of the molecule is CCNC(CCc1ccc(C)cc1)CCC1CCCO1. The molecule has 0 amide bonds. The van der Waals surface area contributed by atoms with E-state index < -0.39 is 0 Å². The van der Waals surface area contributed by atoms with Crippen molar-refractivity contribution in [2.75, 3.05) is 13.2 Å². The Labute approximate surface area is 123 Å². The van der Waals surface area contributed by atoms with Gasteiger partial charge in [-0.1, -0.05) is 36.8 Å². The molecule has 1 heterocycles. The van der Waals surface area contributed by atoms with Gasteiger partial charge in [-0.3, -0.25) is 0 Å². The number of aryl methyl sites for hydroxylation is 2. The fourth-order valence-electron chi connectivity index (χ4n) is 2.99. The van der Waals surface area contributed by atoms with Crippen LogP contribution in [0.4, 0.5) is 0 Å². The van der Waals surface area contributed by atoms with Gasteiger partial charge in [0.25, 0.3) is 0 Å². The normalized spacial score (nSPS) is 20.2. The molecule has 1 aliphatic heterocycles. The summed E-state index contributed by atoms with van der Waals surface area (Å²) < 4.78 is 5.73. The standard InChI is InChI=1S/C18H29NO/c1-3-19-17(12-13-18-5-4-14-20-18)11-10-16-8-6-15(2)7-9-16/h6-9,17-19H,3-5,10-14H2,1-2H3. The molecule has 1 aromatic carbocycles. The van der Waals surface area contributed by atoms with Gasteiger partial charge in [0.2, 0.25) is 0 Å². The Morgan fingerprint density at radius 2 is 2.05 bits per heavy atom. The molecule has 2 atom stereocenters. The van der Waals surface area contributed by atoms with E-state index in [1.165, 1.54) is 49.7 Å². The molecule has 0 saturated carbocycles. The highest BCUT2D eigenvalue weighted by Crippen LogP contribution is 2.19. The smallest absolute Gasteiger partial charge is 0.0576 e. The van der Waals surface area contributed by atoms with E-state index in [0.29, 0.717) is 12.1 Å². The van der Waals surface area contributed by atoms with Gasteiger partial charge in [-0.25, -0.2) is 0 Å². The summed E-state index contributed by atoms with van der Waals surface area (Å²) in [7, 11) is 0. The van der Waals surface area contributed by atoms with Gasteiger partial charge in [0, 0.05) is 12.6 Å². The molecule has 1 aromatic rings. The summed E-state index contributed by atoms with van der Waals surface area (Å²) in [5.41, 5.74) is 2.80. The van der Waals surface area contributed by atoms with Crippen molar-refractivity contribution in [3.63, 3.8) is 0 Å². The number of rotatable bonds is 8. The van der Waals surface area contributed by atoms with Crippen molar-refractivity contribution in [3.8, 4) is 0 Å². The second kappa shape index (κ2) is 8.43. The third kappa shape index (κ3) is 5.26. The minimum Gasteiger partial charge on any atom is -0.378 e. The van der Waals surface area contributed by atoms with Crippen LogP contribution < -0.4 is 5.32 Å². The fourth-order valence-corrected chi connectivity index (χ4v) is 2.99. The summed E-state index contributed by atoms with van der Waals surface area (Å²) in [6.07, 6.45) is 7.88. The molecule has 1 N–H and O–H groups in total. The third-order valence-electron chi connectivity index (χ3n) is 4.26. The Hall–Kier alpha value is -0.860. The number of ether oxygens (including phenoxy) is 1. The lowest BCUT2D eigenvalue weighted by Gasteiger charge is -2.19. The van der Waals surface area contributed by atoms with Gasteiger partial charge in [0.1, 0.15) is 0 Å². The van der Waals surface area contributed by atoms with Crippen molar-refractivity contribution in [3.05, 3.63) is 35.4 Å². The third-order valence-corrected chi connectivity index (χ3v) is 4.26. The van der Waals surface area contributed by atoms with Crippen LogP contribution in [0.5, 0.6) is 0 Å². The molecule has 1 saturated heterocycles. The lowest BCUT2D eigenvalue weighted by molar-refractivity contribution is 0.0993. The van der Waals surface area contributed by atoms with E-state index in [9.17, 15) is 0 Å². The zero-order chi connectivity index (χ0) is 14.2. The summed E-state index contributed by atoms with van der Waals surface area (Å²) >= 11 is 0. The topological polar surface area (TPSA) is 21.3 Å². The largest absolute Gasteiger partial charge is 0.378 e. The maximum absolute atomic E-state index is 5.73. The van der Waals surface area contributed by atoms with Crippen LogP contribution in [0.2, 0.25) is 0 Å². The lowest BCUT2D eigenvalue weighted by atomic mass is 9.99. The first-order valence-corrected chi connectivity index (χ1v) is 8.18. The molecule has 0 radical (unpaired) electrons. The van der Waals surface area contributed by atoms with Crippen molar-refractivity contribution >= 4 is 0 Å². The number of benzene rings is 1. The second-order valence-electron chi connectivity index (χ2n) is 5.99. The Kier molecular flexibility index (Phi) is 6.55. The van der Waals surface area contributed by atoms with Crippen LogP contribution in [0.25, 0.3) is 0 Å². The van der Waals surface area contributed by atoms with E-state index in [0.717, 1.165) is 13.2 Å².